The molecule has 5 nitrogen and oxygen atoms in total. The highest BCUT2D eigenvalue weighted by atomic mass is 16.2. The highest BCUT2D eigenvalue weighted by molar-refractivity contribution is 6.04. The first-order valence-electron chi connectivity index (χ1n) is 8.02. The van der Waals surface area contributed by atoms with Crippen LogP contribution in [0.15, 0.2) is 36.5 Å². The van der Waals surface area contributed by atoms with Crippen molar-refractivity contribution in [1.29, 1.82) is 0 Å². The average molecular weight is 313 g/mol. The Labute approximate surface area is 136 Å². The molecule has 5 heteroatoms. The fraction of sp³-hybridized carbons (Fsp3) is 0.389. The molecule has 0 spiro atoms. The van der Waals surface area contributed by atoms with Crippen LogP contribution >= 0.6 is 0 Å². The van der Waals surface area contributed by atoms with Gasteiger partial charge in [-0.1, -0.05) is 38.0 Å². The maximum atomic E-state index is 12.1. The molecule has 1 aromatic heterocycles. The number of anilines is 1. The summed E-state index contributed by atoms with van der Waals surface area (Å²) in [5.41, 5.74) is 1.39. The molecule has 0 saturated carbocycles. The Kier molecular flexibility index (Phi) is 6.09. The number of hydrogen-bond acceptors (Lipinski definition) is 3. The van der Waals surface area contributed by atoms with Crippen molar-refractivity contribution >= 4 is 28.4 Å². The lowest BCUT2D eigenvalue weighted by Crippen LogP contribution is -2.40. The van der Waals surface area contributed by atoms with Gasteiger partial charge < -0.3 is 10.2 Å². The van der Waals surface area contributed by atoms with Crippen molar-refractivity contribution in [3.63, 3.8) is 0 Å². The summed E-state index contributed by atoms with van der Waals surface area (Å²) in [5.74, 6) is -0.323. The van der Waals surface area contributed by atoms with E-state index in [0.717, 1.165) is 30.2 Å². The lowest BCUT2D eigenvalue weighted by Gasteiger charge is -2.21. The van der Waals surface area contributed by atoms with Crippen molar-refractivity contribution in [2.45, 2.75) is 33.1 Å². The summed E-state index contributed by atoms with van der Waals surface area (Å²) in [5, 5.41) is 3.81. The zero-order chi connectivity index (χ0) is 16.7. The third kappa shape index (κ3) is 4.52. The number of nitrogens with one attached hydrogen (secondary N) is 1. The number of hydrogen-bond donors (Lipinski definition) is 1. The van der Waals surface area contributed by atoms with Crippen molar-refractivity contribution in [3.05, 3.63) is 36.5 Å². The number of benzene rings is 1. The molecule has 2 amide bonds. The van der Waals surface area contributed by atoms with E-state index >= 15 is 0 Å². The third-order valence-electron chi connectivity index (χ3n) is 3.69. The quantitative estimate of drug-likeness (QED) is 0.800. The molecule has 0 aliphatic heterocycles. The number of pyridine rings is 1. The Morgan fingerprint density at radius 3 is 2.70 bits per heavy atom. The minimum Gasteiger partial charge on any atom is -0.355 e. The summed E-state index contributed by atoms with van der Waals surface area (Å²) in [6.07, 6.45) is 4.84. The number of fused-ring (bicyclic) bond motifs is 1. The van der Waals surface area contributed by atoms with Crippen LogP contribution in [-0.4, -0.2) is 29.9 Å². The maximum Gasteiger partial charge on any atom is 0.240 e. The molecule has 2 rings (SSSR count). The Morgan fingerprint density at radius 2 is 1.96 bits per heavy atom. The molecule has 0 atom stereocenters. The second-order valence-corrected chi connectivity index (χ2v) is 5.51. The molecule has 122 valence electrons. The molecule has 0 aliphatic carbocycles. The fourth-order valence-corrected chi connectivity index (χ4v) is 2.47. The Balaban J connectivity index is 2.15. The number of carbonyl (C=O) groups is 2. The van der Waals surface area contributed by atoms with E-state index in [9.17, 15) is 9.59 Å². The smallest absolute Gasteiger partial charge is 0.240 e. The number of nitrogens with zero attached hydrogens (tertiary/aromatic N) is 2. The van der Waals surface area contributed by atoms with Crippen LogP contribution in [0.2, 0.25) is 0 Å². The SMILES string of the molecule is CCCCCNC(=O)CN(C(C)=O)c1cccc2cccnc12. The number of aromatic nitrogens is 1. The molecule has 23 heavy (non-hydrogen) atoms. The molecule has 1 aromatic carbocycles. The van der Waals surface area contributed by atoms with Crippen molar-refractivity contribution in [3.8, 4) is 0 Å². The van der Waals surface area contributed by atoms with Crippen LogP contribution in [0.3, 0.4) is 0 Å². The first-order valence-corrected chi connectivity index (χ1v) is 8.02. The highest BCUT2D eigenvalue weighted by Crippen LogP contribution is 2.24. The number of carbonyl (C=O) groups excluding carboxylic acids is 2. The standard InChI is InChI=1S/C18H23N3O2/c1-3-4-5-11-19-17(23)13-21(14(2)22)16-10-6-8-15-9-7-12-20-18(15)16/h6-10,12H,3-5,11,13H2,1-2H3,(H,19,23). The first-order chi connectivity index (χ1) is 11.1. The molecular weight excluding hydrogens is 290 g/mol. The molecule has 0 fully saturated rings. The van der Waals surface area contributed by atoms with E-state index in [0.29, 0.717) is 12.2 Å². The van der Waals surface area contributed by atoms with Gasteiger partial charge in [-0.15, -0.1) is 0 Å². The van der Waals surface area contributed by atoms with Crippen LogP contribution < -0.4 is 10.2 Å². The fourth-order valence-electron chi connectivity index (χ4n) is 2.47. The lowest BCUT2D eigenvalue weighted by atomic mass is 10.1. The van der Waals surface area contributed by atoms with Crippen LogP contribution in [0.4, 0.5) is 5.69 Å². The van der Waals surface area contributed by atoms with Crippen LogP contribution in [0.1, 0.15) is 33.1 Å². The van der Waals surface area contributed by atoms with Gasteiger partial charge in [-0.25, -0.2) is 0 Å². The van der Waals surface area contributed by atoms with Gasteiger partial charge in [0.1, 0.15) is 6.54 Å². The molecule has 1 N–H and O–H groups in total. The minimum atomic E-state index is -0.174. The Hall–Kier alpha value is -2.43. The van der Waals surface area contributed by atoms with Crippen LogP contribution in [0.25, 0.3) is 10.9 Å². The molecule has 0 saturated heterocycles. The normalized spacial score (nSPS) is 10.5. The topological polar surface area (TPSA) is 62.3 Å². The highest BCUT2D eigenvalue weighted by Gasteiger charge is 2.18. The Bertz CT molecular complexity index is 680. The van der Waals surface area contributed by atoms with Gasteiger partial charge in [0.2, 0.25) is 11.8 Å². The Morgan fingerprint density at radius 1 is 1.17 bits per heavy atom. The molecule has 0 bridgehead atoms. The molecule has 0 aliphatic rings. The van der Waals surface area contributed by atoms with E-state index in [1.165, 1.54) is 11.8 Å². The monoisotopic (exact) mass is 313 g/mol. The molecule has 0 unspecified atom stereocenters. The van der Waals surface area contributed by atoms with Crippen molar-refractivity contribution in [1.82, 2.24) is 10.3 Å². The van der Waals surface area contributed by atoms with Gasteiger partial charge in [0, 0.05) is 25.1 Å². The van der Waals surface area contributed by atoms with Crippen molar-refractivity contribution < 1.29 is 9.59 Å². The summed E-state index contributed by atoms with van der Waals surface area (Å²) in [6, 6.07) is 9.42. The van der Waals surface area contributed by atoms with Gasteiger partial charge >= 0.3 is 0 Å². The summed E-state index contributed by atoms with van der Waals surface area (Å²) in [6.45, 7) is 4.24. The second kappa shape index (κ2) is 8.27. The van der Waals surface area contributed by atoms with E-state index in [1.807, 2.05) is 30.3 Å². The van der Waals surface area contributed by atoms with Gasteiger partial charge in [-0.05, 0) is 18.6 Å². The van der Waals surface area contributed by atoms with Crippen LogP contribution in [0.5, 0.6) is 0 Å². The van der Waals surface area contributed by atoms with E-state index in [1.54, 1.807) is 6.20 Å². The average Bonchev–Trinajstić information content (AvgIpc) is 2.56. The zero-order valence-electron chi connectivity index (χ0n) is 13.7. The predicted octanol–water partition coefficient (Wildman–Crippen LogP) is 2.89. The minimum absolute atomic E-state index is 0.0111. The number of unbranched alkanes of at least 4 members (excludes halogenated alkanes) is 2. The summed E-state index contributed by atoms with van der Waals surface area (Å²) < 4.78 is 0. The molecule has 0 radical (unpaired) electrons. The van der Waals surface area contributed by atoms with Gasteiger partial charge in [0.05, 0.1) is 11.2 Å². The molecule has 1 heterocycles. The van der Waals surface area contributed by atoms with Crippen LogP contribution in [-0.2, 0) is 9.59 Å². The zero-order valence-corrected chi connectivity index (χ0v) is 13.7. The number of para-hydroxylation sites is 1. The van der Waals surface area contributed by atoms with Crippen molar-refractivity contribution in [2.75, 3.05) is 18.0 Å². The second-order valence-electron chi connectivity index (χ2n) is 5.51. The number of amides is 2. The molecule has 2 aromatic rings. The van der Waals surface area contributed by atoms with Crippen molar-refractivity contribution in [2.24, 2.45) is 0 Å². The van der Waals surface area contributed by atoms with Gasteiger partial charge in [0.15, 0.2) is 0 Å². The third-order valence-corrected chi connectivity index (χ3v) is 3.69. The van der Waals surface area contributed by atoms with Gasteiger partial charge in [-0.3, -0.25) is 14.6 Å². The largest absolute Gasteiger partial charge is 0.355 e. The van der Waals surface area contributed by atoms with Crippen LogP contribution in [0, 0.1) is 0 Å². The van der Waals surface area contributed by atoms with E-state index in [2.05, 4.69) is 17.2 Å². The first kappa shape index (κ1) is 16.9. The summed E-state index contributed by atoms with van der Waals surface area (Å²) in [7, 11) is 0. The summed E-state index contributed by atoms with van der Waals surface area (Å²) >= 11 is 0. The maximum absolute atomic E-state index is 12.1. The predicted molar refractivity (Wildman–Crippen MR) is 92.3 cm³/mol. The van der Waals surface area contributed by atoms with E-state index in [-0.39, 0.29) is 18.4 Å². The summed E-state index contributed by atoms with van der Waals surface area (Å²) in [4.78, 5) is 30.0. The van der Waals surface area contributed by atoms with Gasteiger partial charge in [0.25, 0.3) is 0 Å². The molecular formula is C18H23N3O2. The lowest BCUT2D eigenvalue weighted by molar-refractivity contribution is -0.123. The van der Waals surface area contributed by atoms with E-state index in [4.69, 9.17) is 0 Å². The number of rotatable bonds is 7. The van der Waals surface area contributed by atoms with Gasteiger partial charge in [-0.2, -0.15) is 0 Å². The van der Waals surface area contributed by atoms with E-state index < -0.39 is 0 Å².